The van der Waals surface area contributed by atoms with Gasteiger partial charge in [-0.15, -0.1) is 0 Å². The van der Waals surface area contributed by atoms with Crippen LogP contribution in [0.15, 0.2) is 17.1 Å². The van der Waals surface area contributed by atoms with Crippen molar-refractivity contribution in [3.8, 4) is 0 Å². The predicted molar refractivity (Wildman–Crippen MR) is 91.9 cm³/mol. The highest BCUT2D eigenvalue weighted by Gasteiger charge is 2.16. The molecule has 1 heterocycles. The Hall–Kier alpha value is -0.830. The highest BCUT2D eigenvalue weighted by atomic mass is 16.3. The molecule has 0 aromatic rings. The van der Waals surface area contributed by atoms with E-state index in [2.05, 4.69) is 29.0 Å². The van der Waals surface area contributed by atoms with Crippen LogP contribution >= 0.6 is 0 Å². The van der Waals surface area contributed by atoms with Crippen LogP contribution in [-0.2, 0) is 0 Å². The normalized spacial score (nSPS) is 16.7. The third-order valence-corrected chi connectivity index (χ3v) is 4.11. The second-order valence-corrected chi connectivity index (χ2v) is 6.06. The van der Waals surface area contributed by atoms with Crippen LogP contribution in [0.3, 0.4) is 0 Å². The molecule has 0 saturated carbocycles. The first-order valence-electron chi connectivity index (χ1n) is 8.92. The topological polar surface area (TPSA) is 35.8 Å². The molecule has 21 heavy (non-hydrogen) atoms. The van der Waals surface area contributed by atoms with Gasteiger partial charge in [0.1, 0.15) is 5.84 Å². The van der Waals surface area contributed by atoms with Gasteiger partial charge in [0, 0.05) is 13.1 Å². The molecule has 1 aliphatic rings. The molecule has 0 amide bonds. The Morgan fingerprint density at radius 2 is 1.86 bits per heavy atom. The van der Waals surface area contributed by atoms with Crippen molar-refractivity contribution in [3.05, 3.63) is 12.2 Å². The lowest BCUT2D eigenvalue weighted by molar-refractivity contribution is 0.142. The van der Waals surface area contributed by atoms with Crippen LogP contribution in [0.2, 0.25) is 0 Å². The molecule has 1 unspecified atom stereocenters. The van der Waals surface area contributed by atoms with E-state index in [1.165, 1.54) is 44.9 Å². The van der Waals surface area contributed by atoms with Crippen molar-refractivity contribution in [1.29, 1.82) is 0 Å². The van der Waals surface area contributed by atoms with Crippen molar-refractivity contribution < 1.29 is 5.11 Å². The van der Waals surface area contributed by atoms with Gasteiger partial charge in [-0.2, -0.15) is 0 Å². The van der Waals surface area contributed by atoms with E-state index in [4.69, 9.17) is 0 Å². The second-order valence-electron chi connectivity index (χ2n) is 6.06. The number of hydrogen-bond donors (Lipinski definition) is 1. The fourth-order valence-corrected chi connectivity index (χ4v) is 2.63. The number of aliphatic hydroxyl groups excluding tert-OH is 1. The zero-order chi connectivity index (χ0) is 15.3. The van der Waals surface area contributed by atoms with Gasteiger partial charge < -0.3 is 10.0 Å². The molecule has 1 aliphatic heterocycles. The summed E-state index contributed by atoms with van der Waals surface area (Å²) >= 11 is 0. The maximum atomic E-state index is 9.75. The van der Waals surface area contributed by atoms with Crippen molar-refractivity contribution in [3.63, 3.8) is 0 Å². The first-order chi connectivity index (χ1) is 10.3. The number of aliphatic imine (C=N–C) groups is 1. The highest BCUT2D eigenvalue weighted by Crippen LogP contribution is 2.10. The van der Waals surface area contributed by atoms with E-state index in [0.717, 1.165) is 38.3 Å². The number of unbranched alkanes of at least 4 members (excludes halogenated alkanes) is 7. The van der Waals surface area contributed by atoms with Gasteiger partial charge >= 0.3 is 0 Å². The summed E-state index contributed by atoms with van der Waals surface area (Å²) in [5.41, 5.74) is 0. The van der Waals surface area contributed by atoms with Gasteiger partial charge in [0.05, 0.1) is 12.6 Å². The average molecular weight is 294 g/mol. The molecular weight excluding hydrogens is 260 g/mol. The van der Waals surface area contributed by atoms with E-state index in [1.807, 2.05) is 6.92 Å². The van der Waals surface area contributed by atoms with Crippen LogP contribution in [0.5, 0.6) is 0 Å². The Morgan fingerprint density at radius 1 is 1.14 bits per heavy atom. The number of rotatable bonds is 12. The molecule has 0 radical (unpaired) electrons. The minimum absolute atomic E-state index is 0.232. The van der Waals surface area contributed by atoms with Crippen molar-refractivity contribution in [2.24, 2.45) is 4.99 Å². The lowest BCUT2D eigenvalue weighted by atomic mass is 10.1. The molecule has 0 bridgehead atoms. The Labute approximate surface area is 131 Å². The lowest BCUT2D eigenvalue weighted by Gasteiger charge is -2.21. The number of aliphatic hydroxyl groups is 1. The van der Waals surface area contributed by atoms with E-state index in [9.17, 15) is 5.11 Å². The number of nitrogens with zero attached hydrogens (tertiary/aromatic N) is 2. The summed E-state index contributed by atoms with van der Waals surface area (Å²) in [5.74, 6) is 1.06. The zero-order valence-corrected chi connectivity index (χ0v) is 14.1. The first kappa shape index (κ1) is 18.2. The second kappa shape index (κ2) is 11.8. The summed E-state index contributed by atoms with van der Waals surface area (Å²) < 4.78 is 0. The molecule has 0 spiro atoms. The Kier molecular flexibility index (Phi) is 10.2. The molecule has 0 saturated heterocycles. The van der Waals surface area contributed by atoms with Crippen molar-refractivity contribution >= 4 is 5.84 Å². The standard InChI is InChI=1S/C18H34N2O/c1-3-5-6-7-8-9-10-11-12-13-18-19-14-15-20(18)16-17(21)4-2/h12-13,17,21H,3-11,14-16H2,1-2H3/b13-12+. The molecule has 1 atom stereocenters. The molecule has 122 valence electrons. The zero-order valence-electron chi connectivity index (χ0n) is 14.1. The molecule has 0 aliphatic carbocycles. The SMILES string of the molecule is CCCCCCCCC/C=C/C1=NCCN1CC(O)CC. The summed E-state index contributed by atoms with van der Waals surface area (Å²) in [6, 6.07) is 0. The van der Waals surface area contributed by atoms with E-state index < -0.39 is 0 Å². The van der Waals surface area contributed by atoms with E-state index in [1.54, 1.807) is 0 Å². The van der Waals surface area contributed by atoms with Gasteiger partial charge in [0.15, 0.2) is 0 Å². The van der Waals surface area contributed by atoms with Crippen LogP contribution in [-0.4, -0.2) is 41.6 Å². The monoisotopic (exact) mass is 294 g/mol. The van der Waals surface area contributed by atoms with E-state index >= 15 is 0 Å². The Balaban J connectivity index is 2.09. The van der Waals surface area contributed by atoms with Gasteiger partial charge in [-0.05, 0) is 25.3 Å². The maximum Gasteiger partial charge on any atom is 0.123 e. The molecular formula is C18H34N2O. The molecule has 0 aromatic heterocycles. The lowest BCUT2D eigenvalue weighted by Crippen LogP contribution is -2.34. The molecule has 0 fully saturated rings. The van der Waals surface area contributed by atoms with Crippen LogP contribution in [0.4, 0.5) is 0 Å². The van der Waals surface area contributed by atoms with Crippen LogP contribution < -0.4 is 0 Å². The third-order valence-electron chi connectivity index (χ3n) is 4.11. The molecule has 3 nitrogen and oxygen atoms in total. The van der Waals surface area contributed by atoms with Gasteiger partial charge in [-0.1, -0.05) is 58.4 Å². The van der Waals surface area contributed by atoms with Crippen LogP contribution in [0.25, 0.3) is 0 Å². The number of β-amino-alcohol motifs (C(OH)–C–C–N with tert-alkyl or cyclic N) is 1. The Morgan fingerprint density at radius 3 is 2.57 bits per heavy atom. The fraction of sp³-hybridized carbons (Fsp3) is 0.833. The maximum absolute atomic E-state index is 9.75. The summed E-state index contributed by atoms with van der Waals surface area (Å²) in [5, 5.41) is 9.75. The van der Waals surface area contributed by atoms with E-state index in [-0.39, 0.29) is 6.10 Å². The first-order valence-corrected chi connectivity index (χ1v) is 8.92. The molecule has 1 N–H and O–H groups in total. The minimum Gasteiger partial charge on any atom is -0.391 e. The molecule has 3 heteroatoms. The average Bonchev–Trinajstić information content (AvgIpc) is 2.92. The molecule has 0 aromatic carbocycles. The summed E-state index contributed by atoms with van der Waals surface area (Å²) in [4.78, 5) is 6.72. The van der Waals surface area contributed by atoms with Gasteiger partial charge in [-0.25, -0.2) is 0 Å². The van der Waals surface area contributed by atoms with Crippen molar-refractivity contribution in [1.82, 2.24) is 4.90 Å². The largest absolute Gasteiger partial charge is 0.391 e. The van der Waals surface area contributed by atoms with Gasteiger partial charge in [0.2, 0.25) is 0 Å². The van der Waals surface area contributed by atoms with Crippen molar-refractivity contribution in [2.45, 2.75) is 77.7 Å². The van der Waals surface area contributed by atoms with Gasteiger partial charge in [-0.3, -0.25) is 4.99 Å². The third kappa shape index (κ3) is 8.25. The quantitative estimate of drug-likeness (QED) is 0.548. The fourth-order valence-electron chi connectivity index (χ4n) is 2.63. The van der Waals surface area contributed by atoms with Gasteiger partial charge in [0.25, 0.3) is 0 Å². The summed E-state index contributed by atoms with van der Waals surface area (Å²) in [7, 11) is 0. The smallest absolute Gasteiger partial charge is 0.123 e. The number of allylic oxidation sites excluding steroid dienone is 1. The minimum atomic E-state index is -0.232. The van der Waals surface area contributed by atoms with Crippen LogP contribution in [0.1, 0.15) is 71.6 Å². The summed E-state index contributed by atoms with van der Waals surface area (Å²) in [6.07, 6.45) is 15.6. The highest BCUT2D eigenvalue weighted by molar-refractivity contribution is 5.94. The van der Waals surface area contributed by atoms with E-state index in [0.29, 0.717) is 0 Å². The number of amidine groups is 1. The Bertz CT molecular complexity index is 312. The van der Waals surface area contributed by atoms with Crippen LogP contribution in [0, 0.1) is 0 Å². The predicted octanol–water partition coefficient (Wildman–Crippen LogP) is 4.17. The summed E-state index contributed by atoms with van der Waals surface area (Å²) in [6.45, 7) is 6.83. The molecule has 1 rings (SSSR count). The number of hydrogen-bond acceptors (Lipinski definition) is 3. The van der Waals surface area contributed by atoms with Crippen molar-refractivity contribution in [2.75, 3.05) is 19.6 Å².